The Hall–Kier alpha value is -1.04. The van der Waals surface area contributed by atoms with E-state index in [-0.39, 0.29) is 6.04 Å². The van der Waals surface area contributed by atoms with Gasteiger partial charge in [0, 0.05) is 12.2 Å². The molecule has 1 N–H and O–H groups in total. The van der Waals surface area contributed by atoms with Crippen molar-refractivity contribution in [2.24, 2.45) is 5.92 Å². The molecule has 0 spiro atoms. The summed E-state index contributed by atoms with van der Waals surface area (Å²) in [6.07, 6.45) is -0.659. The fraction of sp³-hybridized carbons (Fsp3) is 0.700. The molecule has 6 heteroatoms. The molecule has 90 valence electrons. The van der Waals surface area contributed by atoms with Crippen molar-refractivity contribution in [2.75, 3.05) is 7.05 Å². The molecule has 1 aromatic rings. The molecule has 1 unspecified atom stereocenters. The van der Waals surface area contributed by atoms with Gasteiger partial charge in [-0.15, -0.1) is 0 Å². The number of likely N-dealkylation sites (N-methyl/N-ethyl adjacent to an activating group) is 1. The highest BCUT2D eigenvalue weighted by Gasteiger charge is 2.34. The summed E-state index contributed by atoms with van der Waals surface area (Å²) in [6, 6.07) is 1.24. The van der Waals surface area contributed by atoms with E-state index in [2.05, 4.69) is 10.4 Å². The van der Waals surface area contributed by atoms with Gasteiger partial charge in [-0.1, -0.05) is 0 Å². The molecule has 0 bridgehead atoms. The average Bonchev–Trinajstić information content (AvgIpc) is 2.92. The lowest BCUT2D eigenvalue weighted by molar-refractivity contribution is -0.141. The maximum atomic E-state index is 12.3. The van der Waals surface area contributed by atoms with E-state index in [4.69, 9.17) is 0 Å². The predicted molar refractivity (Wildman–Crippen MR) is 52.8 cm³/mol. The summed E-state index contributed by atoms with van der Waals surface area (Å²) in [5.74, 6) is 0.587. The molecule has 1 heterocycles. The van der Waals surface area contributed by atoms with Crippen molar-refractivity contribution in [3.8, 4) is 0 Å². The first-order valence-corrected chi connectivity index (χ1v) is 5.28. The SMILES string of the molecule is CNC(Cn1ccc(C(F)(F)F)n1)C1CC1. The first kappa shape index (κ1) is 11.4. The first-order valence-electron chi connectivity index (χ1n) is 5.28. The highest BCUT2D eigenvalue weighted by atomic mass is 19.4. The number of nitrogens with one attached hydrogen (secondary N) is 1. The zero-order chi connectivity index (χ0) is 11.8. The van der Waals surface area contributed by atoms with Crippen molar-refractivity contribution in [2.45, 2.75) is 31.6 Å². The van der Waals surface area contributed by atoms with Crippen molar-refractivity contribution in [3.63, 3.8) is 0 Å². The highest BCUT2D eigenvalue weighted by molar-refractivity contribution is 5.03. The van der Waals surface area contributed by atoms with E-state index in [1.807, 2.05) is 7.05 Å². The third kappa shape index (κ3) is 2.55. The zero-order valence-corrected chi connectivity index (χ0v) is 8.96. The average molecular weight is 233 g/mol. The Bertz CT molecular complexity index is 354. The van der Waals surface area contributed by atoms with Crippen LogP contribution in [0, 0.1) is 5.92 Å². The minimum Gasteiger partial charge on any atom is -0.315 e. The summed E-state index contributed by atoms with van der Waals surface area (Å²) in [4.78, 5) is 0. The van der Waals surface area contributed by atoms with Crippen LogP contribution in [0.2, 0.25) is 0 Å². The largest absolute Gasteiger partial charge is 0.435 e. The number of hydrogen-bond donors (Lipinski definition) is 1. The predicted octanol–water partition coefficient (Wildman–Crippen LogP) is 1.90. The van der Waals surface area contributed by atoms with Gasteiger partial charge in [0.15, 0.2) is 5.69 Å². The number of hydrogen-bond acceptors (Lipinski definition) is 2. The number of halogens is 3. The van der Waals surface area contributed by atoms with Gasteiger partial charge < -0.3 is 5.32 Å². The van der Waals surface area contributed by atoms with Crippen LogP contribution in [0.4, 0.5) is 13.2 Å². The first-order chi connectivity index (χ1) is 7.50. The van der Waals surface area contributed by atoms with E-state index >= 15 is 0 Å². The van der Waals surface area contributed by atoms with Crippen molar-refractivity contribution in [3.05, 3.63) is 18.0 Å². The van der Waals surface area contributed by atoms with Gasteiger partial charge in [0.05, 0.1) is 6.54 Å². The zero-order valence-electron chi connectivity index (χ0n) is 8.96. The summed E-state index contributed by atoms with van der Waals surface area (Å²) in [7, 11) is 1.83. The molecule has 0 aromatic carbocycles. The van der Waals surface area contributed by atoms with Gasteiger partial charge >= 0.3 is 6.18 Å². The summed E-state index contributed by atoms with van der Waals surface area (Å²) < 4.78 is 38.3. The van der Waals surface area contributed by atoms with Gasteiger partial charge in [-0.2, -0.15) is 18.3 Å². The summed E-state index contributed by atoms with van der Waals surface area (Å²) in [5, 5.41) is 6.65. The molecular formula is C10H14F3N3. The molecule has 0 saturated heterocycles. The van der Waals surface area contributed by atoms with E-state index in [0.717, 1.165) is 18.9 Å². The Kier molecular flexibility index (Phi) is 2.92. The van der Waals surface area contributed by atoms with Crippen molar-refractivity contribution in [1.82, 2.24) is 15.1 Å². The Morgan fingerprint density at radius 3 is 2.69 bits per heavy atom. The van der Waals surface area contributed by atoms with Crippen LogP contribution in [-0.2, 0) is 12.7 Å². The van der Waals surface area contributed by atoms with Crippen LogP contribution in [0.5, 0.6) is 0 Å². The second-order valence-electron chi connectivity index (χ2n) is 4.15. The molecule has 0 radical (unpaired) electrons. The van der Waals surface area contributed by atoms with Gasteiger partial charge in [-0.3, -0.25) is 4.68 Å². The lowest BCUT2D eigenvalue weighted by atomic mass is 10.2. The van der Waals surface area contributed by atoms with Gasteiger partial charge in [-0.05, 0) is 31.9 Å². The van der Waals surface area contributed by atoms with Crippen molar-refractivity contribution in [1.29, 1.82) is 0 Å². The lowest BCUT2D eigenvalue weighted by Crippen LogP contribution is -2.32. The minimum absolute atomic E-state index is 0.223. The monoisotopic (exact) mass is 233 g/mol. The van der Waals surface area contributed by atoms with Gasteiger partial charge in [0.2, 0.25) is 0 Å². The smallest absolute Gasteiger partial charge is 0.315 e. The Balaban J connectivity index is 2.01. The van der Waals surface area contributed by atoms with Crippen molar-refractivity contribution >= 4 is 0 Å². The summed E-state index contributed by atoms with van der Waals surface area (Å²) in [5.41, 5.74) is -0.821. The molecular weight excluding hydrogens is 219 g/mol. The quantitative estimate of drug-likeness (QED) is 0.860. The molecule has 1 aromatic heterocycles. The van der Waals surface area contributed by atoms with E-state index in [1.165, 1.54) is 10.9 Å². The molecule has 0 amide bonds. The van der Waals surface area contributed by atoms with E-state index in [1.54, 1.807) is 0 Å². The minimum atomic E-state index is -4.35. The fourth-order valence-electron chi connectivity index (χ4n) is 1.79. The second-order valence-corrected chi connectivity index (χ2v) is 4.15. The maximum Gasteiger partial charge on any atom is 0.435 e. The lowest BCUT2D eigenvalue weighted by Gasteiger charge is -2.14. The van der Waals surface area contributed by atoms with Gasteiger partial charge in [0.1, 0.15) is 0 Å². The standard InChI is InChI=1S/C10H14F3N3/c1-14-8(7-2-3-7)6-16-5-4-9(15-16)10(11,12)13/h4-5,7-8,14H,2-3,6H2,1H3. The van der Waals surface area contributed by atoms with Gasteiger partial charge in [0.25, 0.3) is 0 Å². The van der Waals surface area contributed by atoms with E-state index in [9.17, 15) is 13.2 Å². The third-order valence-corrected chi connectivity index (χ3v) is 2.88. The van der Waals surface area contributed by atoms with Gasteiger partial charge in [-0.25, -0.2) is 0 Å². The van der Waals surface area contributed by atoms with E-state index < -0.39 is 11.9 Å². The topological polar surface area (TPSA) is 29.9 Å². The fourth-order valence-corrected chi connectivity index (χ4v) is 1.79. The maximum absolute atomic E-state index is 12.3. The molecule has 1 atom stereocenters. The molecule has 16 heavy (non-hydrogen) atoms. The Labute approximate surface area is 91.6 Å². The van der Waals surface area contributed by atoms with Crippen LogP contribution in [-0.4, -0.2) is 22.9 Å². The number of nitrogens with zero attached hydrogens (tertiary/aromatic N) is 2. The molecule has 1 fully saturated rings. The molecule has 1 saturated carbocycles. The molecule has 1 aliphatic rings. The Morgan fingerprint density at radius 1 is 1.56 bits per heavy atom. The number of aromatic nitrogens is 2. The van der Waals surface area contributed by atoms with Crippen molar-refractivity contribution < 1.29 is 13.2 Å². The molecule has 1 aliphatic carbocycles. The Morgan fingerprint density at radius 2 is 2.25 bits per heavy atom. The van der Waals surface area contributed by atoms with Crippen LogP contribution >= 0.6 is 0 Å². The second kappa shape index (κ2) is 4.08. The van der Waals surface area contributed by atoms with E-state index in [0.29, 0.717) is 12.5 Å². The van der Waals surface area contributed by atoms with Crippen LogP contribution < -0.4 is 5.32 Å². The number of rotatable bonds is 4. The number of alkyl halides is 3. The third-order valence-electron chi connectivity index (χ3n) is 2.88. The summed E-state index contributed by atoms with van der Waals surface area (Å²) in [6.45, 7) is 0.497. The van der Waals surface area contributed by atoms with Crippen LogP contribution in [0.1, 0.15) is 18.5 Å². The van der Waals surface area contributed by atoms with Crippen LogP contribution in [0.25, 0.3) is 0 Å². The normalized spacial score (nSPS) is 18.8. The molecule has 0 aliphatic heterocycles. The molecule has 2 rings (SSSR count). The molecule has 3 nitrogen and oxygen atoms in total. The summed E-state index contributed by atoms with van der Waals surface area (Å²) >= 11 is 0. The van der Waals surface area contributed by atoms with Crippen LogP contribution in [0.3, 0.4) is 0 Å². The van der Waals surface area contributed by atoms with Crippen LogP contribution in [0.15, 0.2) is 12.3 Å². The highest BCUT2D eigenvalue weighted by Crippen LogP contribution is 2.33.